The van der Waals surface area contributed by atoms with E-state index in [4.69, 9.17) is 5.73 Å². The zero-order valence-electron chi connectivity index (χ0n) is 5.15. The molecule has 1 aromatic rings. The number of hydrogen-bond acceptors (Lipinski definition) is 3. The summed E-state index contributed by atoms with van der Waals surface area (Å²) in [6.07, 6.45) is 4.62. The number of rotatable bonds is 2. The largest absolute Gasteiger partial charge is 0.366 e. The summed E-state index contributed by atoms with van der Waals surface area (Å²) in [6.45, 7) is 0. The maximum Gasteiger partial charge on any atom is 0.241 e. The van der Waals surface area contributed by atoms with E-state index in [1.54, 1.807) is 12.3 Å². The molecular weight excluding hydrogens is 148 g/mol. The molecule has 0 bridgehead atoms. The van der Waals surface area contributed by atoms with Crippen LogP contribution < -0.4 is 5.73 Å². The van der Waals surface area contributed by atoms with Gasteiger partial charge in [-0.05, 0) is 23.7 Å². The molecule has 0 aliphatic carbocycles. The first-order valence-electron chi connectivity index (χ1n) is 2.67. The van der Waals surface area contributed by atoms with E-state index in [2.05, 4.69) is 4.37 Å². The van der Waals surface area contributed by atoms with Crippen molar-refractivity contribution in [1.82, 2.24) is 4.37 Å². The standard InChI is InChI=1S/C6H6N2OS/c7-6(9)2-1-5-3-4-8-10-5/h1-4H,(H2,7,9)/b2-1+. The molecule has 0 radical (unpaired) electrons. The zero-order chi connectivity index (χ0) is 7.40. The van der Waals surface area contributed by atoms with Crippen molar-refractivity contribution in [1.29, 1.82) is 0 Å². The van der Waals surface area contributed by atoms with Crippen molar-refractivity contribution >= 4 is 23.5 Å². The van der Waals surface area contributed by atoms with Crippen LogP contribution in [0.4, 0.5) is 0 Å². The second-order valence-corrected chi connectivity index (χ2v) is 2.52. The van der Waals surface area contributed by atoms with Gasteiger partial charge in [-0.1, -0.05) is 0 Å². The van der Waals surface area contributed by atoms with Crippen LogP contribution in [0.25, 0.3) is 6.08 Å². The Morgan fingerprint density at radius 3 is 3.10 bits per heavy atom. The third kappa shape index (κ3) is 1.99. The Morgan fingerprint density at radius 1 is 1.80 bits per heavy atom. The van der Waals surface area contributed by atoms with Crippen molar-refractivity contribution in [3.63, 3.8) is 0 Å². The molecule has 0 aliphatic heterocycles. The Bertz CT molecular complexity index is 240. The molecule has 1 rings (SSSR count). The molecule has 0 fully saturated rings. The third-order valence-corrected chi connectivity index (χ3v) is 1.58. The molecule has 0 saturated heterocycles. The van der Waals surface area contributed by atoms with Crippen LogP contribution in [0.2, 0.25) is 0 Å². The first-order chi connectivity index (χ1) is 4.79. The van der Waals surface area contributed by atoms with Crippen LogP contribution >= 0.6 is 11.5 Å². The number of aromatic nitrogens is 1. The molecule has 10 heavy (non-hydrogen) atoms. The Kier molecular flexibility index (Phi) is 2.17. The van der Waals surface area contributed by atoms with Gasteiger partial charge < -0.3 is 5.73 Å². The first kappa shape index (κ1) is 6.95. The summed E-state index contributed by atoms with van der Waals surface area (Å²) in [6, 6.07) is 1.81. The number of hydrogen-bond donors (Lipinski definition) is 1. The van der Waals surface area contributed by atoms with Gasteiger partial charge in [0.05, 0.1) is 0 Å². The van der Waals surface area contributed by atoms with Gasteiger partial charge in [0.2, 0.25) is 5.91 Å². The lowest BCUT2D eigenvalue weighted by atomic mass is 10.4. The Labute approximate surface area is 62.3 Å². The molecule has 4 heteroatoms. The predicted molar refractivity (Wildman–Crippen MR) is 40.3 cm³/mol. The van der Waals surface area contributed by atoms with Gasteiger partial charge in [0.15, 0.2) is 0 Å². The fraction of sp³-hybridized carbons (Fsp3) is 0. The van der Waals surface area contributed by atoms with Crippen LogP contribution in [0.15, 0.2) is 18.3 Å². The fourth-order valence-electron chi connectivity index (χ4n) is 0.476. The van der Waals surface area contributed by atoms with E-state index in [-0.39, 0.29) is 0 Å². The van der Waals surface area contributed by atoms with Gasteiger partial charge in [0.25, 0.3) is 0 Å². The van der Waals surface area contributed by atoms with Crippen molar-refractivity contribution in [3.8, 4) is 0 Å². The highest BCUT2D eigenvalue weighted by atomic mass is 32.1. The lowest BCUT2D eigenvalue weighted by molar-refractivity contribution is -0.113. The maximum atomic E-state index is 10.2. The summed E-state index contributed by atoms with van der Waals surface area (Å²) in [5, 5.41) is 0. The predicted octanol–water partition coefficient (Wildman–Crippen LogP) is 0.642. The lowest BCUT2D eigenvalue weighted by Gasteiger charge is -1.78. The molecule has 3 nitrogen and oxygen atoms in total. The number of primary amides is 1. The summed E-state index contributed by atoms with van der Waals surface area (Å²) < 4.78 is 3.84. The van der Waals surface area contributed by atoms with Gasteiger partial charge in [-0.25, -0.2) is 4.37 Å². The molecule has 0 aliphatic rings. The van der Waals surface area contributed by atoms with Crippen LogP contribution in [0.3, 0.4) is 0 Å². The highest BCUT2D eigenvalue weighted by molar-refractivity contribution is 7.06. The average molecular weight is 154 g/mol. The molecular formula is C6H6N2OS. The van der Waals surface area contributed by atoms with Gasteiger partial charge in [-0.2, -0.15) is 0 Å². The van der Waals surface area contributed by atoms with Gasteiger partial charge in [0.1, 0.15) is 0 Å². The van der Waals surface area contributed by atoms with E-state index >= 15 is 0 Å². The van der Waals surface area contributed by atoms with Crippen LogP contribution in [0.5, 0.6) is 0 Å². The van der Waals surface area contributed by atoms with Crippen molar-refractivity contribution in [3.05, 3.63) is 23.2 Å². The summed E-state index contributed by atoms with van der Waals surface area (Å²) in [7, 11) is 0. The Hall–Kier alpha value is -1.16. The van der Waals surface area contributed by atoms with Crippen LogP contribution in [-0.2, 0) is 4.79 Å². The van der Waals surface area contributed by atoms with Gasteiger partial charge in [0, 0.05) is 17.2 Å². The van der Waals surface area contributed by atoms with Gasteiger partial charge >= 0.3 is 0 Å². The minimum Gasteiger partial charge on any atom is -0.366 e. The van der Waals surface area contributed by atoms with E-state index in [0.29, 0.717) is 0 Å². The second kappa shape index (κ2) is 3.12. The van der Waals surface area contributed by atoms with Crippen LogP contribution in [-0.4, -0.2) is 10.3 Å². The number of nitrogens with two attached hydrogens (primary N) is 1. The number of carbonyl (C=O) groups is 1. The average Bonchev–Trinajstić information content (AvgIpc) is 2.34. The molecule has 52 valence electrons. The molecule has 0 saturated carbocycles. The van der Waals surface area contributed by atoms with Crippen LogP contribution in [0.1, 0.15) is 4.88 Å². The quantitative estimate of drug-likeness (QED) is 0.635. The summed E-state index contributed by atoms with van der Waals surface area (Å²) in [5.74, 6) is -0.437. The number of nitrogens with zero attached hydrogens (tertiary/aromatic N) is 1. The lowest BCUT2D eigenvalue weighted by Crippen LogP contribution is -2.04. The maximum absolute atomic E-state index is 10.2. The topological polar surface area (TPSA) is 56.0 Å². The zero-order valence-corrected chi connectivity index (χ0v) is 5.97. The van der Waals surface area contributed by atoms with E-state index in [0.717, 1.165) is 4.88 Å². The normalized spacial score (nSPS) is 10.4. The van der Waals surface area contributed by atoms with Gasteiger partial charge in [-0.15, -0.1) is 0 Å². The third-order valence-electron chi connectivity index (χ3n) is 0.870. The number of amides is 1. The monoisotopic (exact) mass is 154 g/mol. The van der Waals surface area contributed by atoms with E-state index in [9.17, 15) is 4.79 Å². The summed E-state index contributed by atoms with van der Waals surface area (Å²) in [4.78, 5) is 11.1. The van der Waals surface area contributed by atoms with Gasteiger partial charge in [-0.3, -0.25) is 4.79 Å². The minimum atomic E-state index is -0.437. The molecule has 1 aromatic heterocycles. The van der Waals surface area contributed by atoms with Crippen molar-refractivity contribution < 1.29 is 4.79 Å². The smallest absolute Gasteiger partial charge is 0.241 e. The van der Waals surface area contributed by atoms with E-state index in [1.807, 2.05) is 6.07 Å². The van der Waals surface area contributed by atoms with Crippen molar-refractivity contribution in [2.45, 2.75) is 0 Å². The second-order valence-electron chi connectivity index (χ2n) is 1.65. The molecule has 0 aromatic carbocycles. The Morgan fingerprint density at radius 2 is 2.60 bits per heavy atom. The Balaban J connectivity index is 2.64. The molecule has 1 amide bonds. The highest BCUT2D eigenvalue weighted by Crippen LogP contribution is 2.05. The van der Waals surface area contributed by atoms with Crippen LogP contribution in [0, 0.1) is 0 Å². The summed E-state index contributed by atoms with van der Waals surface area (Å²) in [5.41, 5.74) is 4.87. The molecule has 0 atom stereocenters. The van der Waals surface area contributed by atoms with Crippen molar-refractivity contribution in [2.24, 2.45) is 5.73 Å². The molecule has 1 heterocycles. The summed E-state index contributed by atoms with van der Waals surface area (Å²) >= 11 is 1.32. The molecule has 2 N–H and O–H groups in total. The molecule has 0 spiro atoms. The SMILES string of the molecule is NC(=O)/C=C/c1ccns1. The highest BCUT2D eigenvalue weighted by Gasteiger charge is 1.87. The minimum absolute atomic E-state index is 0.437. The first-order valence-corrected chi connectivity index (χ1v) is 3.44. The van der Waals surface area contributed by atoms with E-state index in [1.165, 1.54) is 17.6 Å². The number of carbonyl (C=O) groups excluding carboxylic acids is 1. The van der Waals surface area contributed by atoms with Crippen molar-refractivity contribution in [2.75, 3.05) is 0 Å². The fourth-order valence-corrected chi connectivity index (χ4v) is 0.970. The van der Waals surface area contributed by atoms with E-state index < -0.39 is 5.91 Å². The molecule has 0 unspecified atom stereocenters.